The first kappa shape index (κ1) is 15.3. The van der Waals surface area contributed by atoms with E-state index < -0.39 is 5.97 Å². The largest absolute Gasteiger partial charge is 0.481 e. The fourth-order valence-corrected chi connectivity index (χ4v) is 2.88. The van der Waals surface area contributed by atoms with Crippen molar-refractivity contribution in [2.75, 3.05) is 0 Å². The first-order valence-corrected chi connectivity index (χ1v) is 7.57. The van der Waals surface area contributed by atoms with E-state index in [-0.39, 0.29) is 12.3 Å². The Bertz CT molecular complexity index is 648. The molecule has 0 saturated carbocycles. The van der Waals surface area contributed by atoms with Gasteiger partial charge in [0.2, 0.25) is 0 Å². The normalized spacial score (nSPS) is 10.3. The third kappa shape index (κ3) is 4.16. The van der Waals surface area contributed by atoms with Crippen molar-refractivity contribution in [3.8, 4) is 0 Å². The average Bonchev–Trinajstić information content (AvgIpc) is 2.94. The zero-order valence-electron chi connectivity index (χ0n) is 11.8. The first-order chi connectivity index (χ1) is 10.1. The van der Waals surface area contributed by atoms with E-state index in [1.165, 1.54) is 16.2 Å². The van der Waals surface area contributed by atoms with Crippen molar-refractivity contribution in [1.82, 2.24) is 5.32 Å². The van der Waals surface area contributed by atoms with Crippen LogP contribution in [0.25, 0.3) is 0 Å². The summed E-state index contributed by atoms with van der Waals surface area (Å²) in [6.07, 6.45) is 0.879. The maximum absolute atomic E-state index is 12.1. The molecular formula is C16H17NO3S. The van der Waals surface area contributed by atoms with Crippen LogP contribution in [0.5, 0.6) is 0 Å². The number of carboxylic acid groups (broad SMARTS) is 1. The van der Waals surface area contributed by atoms with Gasteiger partial charge in [0, 0.05) is 11.4 Å². The van der Waals surface area contributed by atoms with Crippen LogP contribution >= 0.6 is 11.3 Å². The molecule has 0 spiro atoms. The van der Waals surface area contributed by atoms with Gasteiger partial charge < -0.3 is 10.4 Å². The van der Waals surface area contributed by atoms with E-state index in [1.54, 1.807) is 12.1 Å². The van der Waals surface area contributed by atoms with Gasteiger partial charge in [-0.05, 0) is 29.7 Å². The van der Waals surface area contributed by atoms with E-state index in [4.69, 9.17) is 5.11 Å². The number of carbonyl (C=O) groups excluding carboxylic acids is 1. The Morgan fingerprint density at radius 2 is 1.86 bits per heavy atom. The van der Waals surface area contributed by atoms with E-state index in [9.17, 15) is 9.59 Å². The summed E-state index contributed by atoms with van der Waals surface area (Å²) in [5, 5.41) is 11.7. The topological polar surface area (TPSA) is 66.4 Å². The Morgan fingerprint density at radius 1 is 1.14 bits per heavy atom. The molecule has 2 rings (SSSR count). The Morgan fingerprint density at radius 3 is 2.48 bits per heavy atom. The highest BCUT2D eigenvalue weighted by Gasteiger charge is 2.10. The highest BCUT2D eigenvalue weighted by Crippen LogP contribution is 2.17. The summed E-state index contributed by atoms with van der Waals surface area (Å²) in [7, 11) is 0. The van der Waals surface area contributed by atoms with E-state index >= 15 is 0 Å². The number of hydrogen-bond acceptors (Lipinski definition) is 3. The second-order valence-corrected chi connectivity index (χ2v) is 5.81. The summed E-state index contributed by atoms with van der Waals surface area (Å²) in [5.41, 5.74) is 1.56. The molecule has 0 atom stereocenters. The maximum Gasteiger partial charge on any atom is 0.307 e. The average molecular weight is 303 g/mol. The number of amides is 1. The molecule has 21 heavy (non-hydrogen) atoms. The number of hydrogen-bond donors (Lipinski definition) is 2. The minimum Gasteiger partial charge on any atom is -0.481 e. The Hall–Kier alpha value is -2.14. The first-order valence-electron chi connectivity index (χ1n) is 6.75. The van der Waals surface area contributed by atoms with Crippen molar-refractivity contribution < 1.29 is 14.7 Å². The molecule has 0 saturated heterocycles. The van der Waals surface area contributed by atoms with Crippen molar-refractivity contribution in [2.24, 2.45) is 0 Å². The predicted octanol–water partition coefficient (Wildman–Crippen LogP) is 2.87. The molecule has 5 heteroatoms. The molecule has 0 unspecified atom stereocenters. The maximum atomic E-state index is 12.1. The van der Waals surface area contributed by atoms with Gasteiger partial charge in [0.1, 0.15) is 0 Å². The fourth-order valence-electron chi connectivity index (χ4n) is 2.02. The summed E-state index contributed by atoms with van der Waals surface area (Å²) in [4.78, 5) is 24.7. The molecule has 4 nitrogen and oxygen atoms in total. The summed E-state index contributed by atoms with van der Waals surface area (Å²) in [5.74, 6) is -0.996. The highest BCUT2D eigenvalue weighted by molar-refractivity contribution is 7.14. The second-order valence-electron chi connectivity index (χ2n) is 4.64. The third-order valence-corrected chi connectivity index (χ3v) is 4.36. The predicted molar refractivity (Wildman–Crippen MR) is 82.6 cm³/mol. The molecule has 0 fully saturated rings. The van der Waals surface area contributed by atoms with E-state index in [2.05, 4.69) is 12.2 Å². The standard InChI is InChI=1S/C16H17NO3S/c1-2-13-7-8-14(21-13)16(20)17-10-12-6-4-3-5-11(12)9-15(18)19/h3-8H,2,9-10H2,1H3,(H,17,20)(H,18,19). The molecule has 0 aliphatic rings. The van der Waals surface area contributed by atoms with Crippen molar-refractivity contribution >= 4 is 23.2 Å². The van der Waals surface area contributed by atoms with Crippen LogP contribution in [0.2, 0.25) is 0 Å². The van der Waals surface area contributed by atoms with Gasteiger partial charge in [-0.1, -0.05) is 31.2 Å². The van der Waals surface area contributed by atoms with Gasteiger partial charge >= 0.3 is 5.97 Å². The molecule has 1 amide bonds. The van der Waals surface area contributed by atoms with Gasteiger partial charge in [-0.15, -0.1) is 11.3 Å². The van der Waals surface area contributed by atoms with E-state index in [0.717, 1.165) is 17.5 Å². The van der Waals surface area contributed by atoms with Gasteiger partial charge in [0.25, 0.3) is 5.91 Å². The number of rotatable bonds is 6. The van der Waals surface area contributed by atoms with Crippen LogP contribution in [0.4, 0.5) is 0 Å². The lowest BCUT2D eigenvalue weighted by Gasteiger charge is -2.08. The summed E-state index contributed by atoms with van der Waals surface area (Å²) in [6.45, 7) is 2.39. The van der Waals surface area contributed by atoms with Crippen molar-refractivity contribution in [2.45, 2.75) is 26.3 Å². The van der Waals surface area contributed by atoms with Crippen LogP contribution in [-0.4, -0.2) is 17.0 Å². The van der Waals surface area contributed by atoms with Crippen LogP contribution in [0, 0.1) is 0 Å². The summed E-state index contributed by atoms with van der Waals surface area (Å²) in [6, 6.07) is 11.0. The second kappa shape index (κ2) is 7.04. The summed E-state index contributed by atoms with van der Waals surface area (Å²) >= 11 is 1.48. The van der Waals surface area contributed by atoms with Gasteiger partial charge in [0.15, 0.2) is 0 Å². The Labute approximate surface area is 127 Å². The molecule has 0 radical (unpaired) electrons. The van der Waals surface area contributed by atoms with Gasteiger partial charge in [0.05, 0.1) is 11.3 Å². The molecule has 1 heterocycles. The lowest BCUT2D eigenvalue weighted by atomic mass is 10.0. The quantitative estimate of drug-likeness (QED) is 0.862. The van der Waals surface area contributed by atoms with Crippen molar-refractivity contribution in [3.05, 3.63) is 57.3 Å². The van der Waals surface area contributed by atoms with Crippen LogP contribution in [0.1, 0.15) is 32.6 Å². The minimum absolute atomic E-state index is 0.0367. The zero-order valence-corrected chi connectivity index (χ0v) is 12.6. The van der Waals surface area contributed by atoms with Gasteiger partial charge in [-0.2, -0.15) is 0 Å². The molecule has 2 N–H and O–H groups in total. The van der Waals surface area contributed by atoms with Gasteiger partial charge in [-0.25, -0.2) is 0 Å². The van der Waals surface area contributed by atoms with E-state index in [0.29, 0.717) is 11.4 Å². The molecule has 110 valence electrons. The number of nitrogens with one attached hydrogen (secondary N) is 1. The molecule has 0 aliphatic heterocycles. The summed E-state index contributed by atoms with van der Waals surface area (Å²) < 4.78 is 0. The number of aliphatic carboxylic acids is 1. The number of carbonyl (C=O) groups is 2. The van der Waals surface area contributed by atoms with Crippen LogP contribution in [0.15, 0.2) is 36.4 Å². The van der Waals surface area contributed by atoms with Crippen molar-refractivity contribution in [1.29, 1.82) is 0 Å². The molecule has 2 aromatic rings. The minimum atomic E-state index is -0.875. The number of aryl methyl sites for hydroxylation is 1. The Balaban J connectivity index is 2.02. The number of thiophene rings is 1. The SMILES string of the molecule is CCc1ccc(C(=O)NCc2ccccc2CC(=O)O)s1. The number of benzene rings is 1. The van der Waals surface area contributed by atoms with Crippen LogP contribution < -0.4 is 5.32 Å². The van der Waals surface area contributed by atoms with E-state index in [1.807, 2.05) is 24.3 Å². The lowest BCUT2D eigenvalue weighted by molar-refractivity contribution is -0.136. The smallest absolute Gasteiger partial charge is 0.307 e. The molecule has 0 bridgehead atoms. The molecule has 1 aromatic carbocycles. The molecule has 1 aromatic heterocycles. The monoisotopic (exact) mass is 303 g/mol. The van der Waals surface area contributed by atoms with Crippen LogP contribution in [-0.2, 0) is 24.2 Å². The van der Waals surface area contributed by atoms with Crippen LogP contribution in [0.3, 0.4) is 0 Å². The van der Waals surface area contributed by atoms with Gasteiger partial charge in [-0.3, -0.25) is 9.59 Å². The Kier molecular flexibility index (Phi) is 5.11. The third-order valence-electron chi connectivity index (χ3n) is 3.13. The zero-order chi connectivity index (χ0) is 15.2. The molecule has 0 aliphatic carbocycles. The number of carboxylic acids is 1. The fraction of sp³-hybridized carbons (Fsp3) is 0.250. The molecular weight excluding hydrogens is 286 g/mol. The lowest BCUT2D eigenvalue weighted by Crippen LogP contribution is -2.22. The highest BCUT2D eigenvalue weighted by atomic mass is 32.1. The van der Waals surface area contributed by atoms with Crippen molar-refractivity contribution in [3.63, 3.8) is 0 Å².